The van der Waals surface area contributed by atoms with E-state index in [2.05, 4.69) is 17.2 Å². The van der Waals surface area contributed by atoms with Crippen LogP contribution in [0.15, 0.2) is 36.5 Å². The van der Waals surface area contributed by atoms with Crippen molar-refractivity contribution in [3.05, 3.63) is 52.2 Å². The van der Waals surface area contributed by atoms with Gasteiger partial charge in [-0.25, -0.2) is 4.79 Å². The SMILES string of the molecule is C=C1NC(=O)N[C@@H](c2cccc([N+](=O)[O-])c2)[C@@H]1C(=O)N(C)C. The first kappa shape index (κ1) is 15.5. The summed E-state index contributed by atoms with van der Waals surface area (Å²) in [4.78, 5) is 35.8. The highest BCUT2D eigenvalue weighted by atomic mass is 16.6. The standard InChI is InChI=1S/C14H16N4O4/c1-8-11(13(19)17(2)3)12(16-14(20)15-8)9-5-4-6-10(7-9)18(21)22/h4-7,11-12H,1H2,2-3H3,(H2,15,16,20)/t11-,12+/m1/s1. The Bertz CT molecular complexity index is 656. The fourth-order valence-electron chi connectivity index (χ4n) is 2.36. The summed E-state index contributed by atoms with van der Waals surface area (Å²) in [6.45, 7) is 3.73. The second kappa shape index (κ2) is 5.84. The molecule has 1 aliphatic heterocycles. The first-order valence-corrected chi connectivity index (χ1v) is 6.53. The highest BCUT2D eigenvalue weighted by Crippen LogP contribution is 2.31. The number of non-ortho nitro benzene ring substituents is 1. The molecule has 0 unspecified atom stereocenters. The molecule has 0 radical (unpaired) electrons. The Morgan fingerprint density at radius 3 is 2.68 bits per heavy atom. The fourth-order valence-corrected chi connectivity index (χ4v) is 2.36. The van der Waals surface area contributed by atoms with Gasteiger partial charge >= 0.3 is 6.03 Å². The highest BCUT2D eigenvalue weighted by molar-refractivity contribution is 5.87. The lowest BCUT2D eigenvalue weighted by molar-refractivity contribution is -0.384. The molecule has 2 rings (SSSR count). The van der Waals surface area contributed by atoms with Crippen LogP contribution < -0.4 is 10.6 Å². The zero-order valence-electron chi connectivity index (χ0n) is 12.2. The average Bonchev–Trinajstić information content (AvgIpc) is 2.45. The molecule has 3 amide bonds. The number of carbonyl (C=O) groups is 2. The topological polar surface area (TPSA) is 105 Å². The van der Waals surface area contributed by atoms with Crippen LogP contribution in [-0.4, -0.2) is 35.9 Å². The first-order chi connectivity index (χ1) is 10.3. The van der Waals surface area contributed by atoms with Gasteiger partial charge in [0.25, 0.3) is 5.69 Å². The Labute approximate surface area is 126 Å². The van der Waals surface area contributed by atoms with E-state index in [4.69, 9.17) is 0 Å². The lowest BCUT2D eigenvalue weighted by Crippen LogP contribution is -2.52. The zero-order valence-corrected chi connectivity index (χ0v) is 12.2. The molecule has 116 valence electrons. The van der Waals surface area contributed by atoms with E-state index in [0.717, 1.165) is 0 Å². The van der Waals surface area contributed by atoms with Crippen molar-refractivity contribution in [1.82, 2.24) is 15.5 Å². The van der Waals surface area contributed by atoms with Crippen LogP contribution in [0.5, 0.6) is 0 Å². The summed E-state index contributed by atoms with van der Waals surface area (Å²) in [7, 11) is 3.19. The number of amides is 3. The maximum atomic E-state index is 12.4. The third-order valence-corrected chi connectivity index (χ3v) is 3.42. The molecule has 22 heavy (non-hydrogen) atoms. The molecule has 2 N–H and O–H groups in total. The molecule has 0 spiro atoms. The normalized spacial score (nSPS) is 20.8. The molecule has 8 heteroatoms. The summed E-state index contributed by atoms with van der Waals surface area (Å²) in [5, 5.41) is 16.0. The zero-order chi connectivity index (χ0) is 16.4. The van der Waals surface area contributed by atoms with Gasteiger partial charge in [-0.1, -0.05) is 18.7 Å². The number of nitro benzene ring substituents is 1. The van der Waals surface area contributed by atoms with Crippen molar-refractivity contribution in [1.29, 1.82) is 0 Å². The van der Waals surface area contributed by atoms with E-state index in [1.165, 1.54) is 23.1 Å². The molecule has 0 aromatic heterocycles. The molecule has 1 fully saturated rings. The maximum Gasteiger partial charge on any atom is 0.319 e. The largest absolute Gasteiger partial charge is 0.348 e. The number of benzene rings is 1. The Morgan fingerprint density at radius 2 is 2.09 bits per heavy atom. The van der Waals surface area contributed by atoms with Gasteiger partial charge in [-0.05, 0) is 5.56 Å². The summed E-state index contributed by atoms with van der Waals surface area (Å²) in [5.74, 6) is -0.997. The van der Waals surface area contributed by atoms with Gasteiger partial charge in [-0.3, -0.25) is 14.9 Å². The Morgan fingerprint density at radius 1 is 1.41 bits per heavy atom. The molecule has 0 bridgehead atoms. The first-order valence-electron chi connectivity index (χ1n) is 6.53. The van der Waals surface area contributed by atoms with Gasteiger partial charge in [0.1, 0.15) is 5.92 Å². The van der Waals surface area contributed by atoms with E-state index < -0.39 is 22.9 Å². The monoisotopic (exact) mass is 304 g/mol. The van der Waals surface area contributed by atoms with Crippen molar-refractivity contribution < 1.29 is 14.5 Å². The molecule has 1 aliphatic rings. The van der Waals surface area contributed by atoms with Crippen molar-refractivity contribution in [3.63, 3.8) is 0 Å². The minimum Gasteiger partial charge on any atom is -0.348 e. The van der Waals surface area contributed by atoms with E-state index in [-0.39, 0.29) is 17.3 Å². The van der Waals surface area contributed by atoms with Crippen molar-refractivity contribution >= 4 is 17.6 Å². The fraction of sp³-hybridized carbons (Fsp3) is 0.286. The smallest absolute Gasteiger partial charge is 0.319 e. The molecule has 2 atom stereocenters. The molecule has 1 saturated heterocycles. The summed E-state index contributed by atoms with van der Waals surface area (Å²) >= 11 is 0. The lowest BCUT2D eigenvalue weighted by atomic mass is 9.88. The van der Waals surface area contributed by atoms with Crippen LogP contribution in [0.2, 0.25) is 0 Å². The molecular weight excluding hydrogens is 288 g/mol. The molecule has 0 saturated carbocycles. The number of nitrogens with one attached hydrogen (secondary N) is 2. The van der Waals surface area contributed by atoms with E-state index in [1.54, 1.807) is 20.2 Å². The summed E-state index contributed by atoms with van der Waals surface area (Å²) in [5.41, 5.74) is 0.635. The van der Waals surface area contributed by atoms with Crippen molar-refractivity contribution in [2.45, 2.75) is 6.04 Å². The second-order valence-electron chi connectivity index (χ2n) is 5.16. The van der Waals surface area contributed by atoms with Gasteiger partial charge in [0.2, 0.25) is 5.91 Å². The molecule has 1 heterocycles. The van der Waals surface area contributed by atoms with Crippen molar-refractivity contribution in [3.8, 4) is 0 Å². The lowest BCUT2D eigenvalue weighted by Gasteiger charge is -2.35. The van der Waals surface area contributed by atoms with Gasteiger partial charge in [0.15, 0.2) is 0 Å². The molecule has 1 aromatic rings. The van der Waals surface area contributed by atoms with Gasteiger partial charge < -0.3 is 15.5 Å². The molecular formula is C14H16N4O4. The number of carbonyl (C=O) groups excluding carboxylic acids is 2. The summed E-state index contributed by atoms with van der Waals surface area (Å²) in [6.07, 6.45) is 0. The summed E-state index contributed by atoms with van der Waals surface area (Å²) < 4.78 is 0. The molecule has 1 aromatic carbocycles. The quantitative estimate of drug-likeness (QED) is 0.646. The van der Waals surface area contributed by atoms with Gasteiger partial charge in [0, 0.05) is 31.9 Å². The number of hydrogen-bond acceptors (Lipinski definition) is 4. The van der Waals surface area contributed by atoms with Crippen molar-refractivity contribution in [2.75, 3.05) is 14.1 Å². The number of urea groups is 1. The van der Waals surface area contributed by atoms with E-state index in [9.17, 15) is 19.7 Å². The minimum atomic E-state index is -0.741. The van der Waals surface area contributed by atoms with Crippen LogP contribution in [-0.2, 0) is 4.79 Å². The Hall–Kier alpha value is -2.90. The number of hydrogen-bond donors (Lipinski definition) is 2. The highest BCUT2D eigenvalue weighted by Gasteiger charge is 2.38. The second-order valence-corrected chi connectivity index (χ2v) is 5.16. The van der Waals surface area contributed by atoms with Crippen LogP contribution >= 0.6 is 0 Å². The van der Waals surface area contributed by atoms with Crippen LogP contribution in [0.25, 0.3) is 0 Å². The van der Waals surface area contributed by atoms with Crippen LogP contribution in [0.4, 0.5) is 10.5 Å². The van der Waals surface area contributed by atoms with E-state index in [1.807, 2.05) is 0 Å². The van der Waals surface area contributed by atoms with E-state index >= 15 is 0 Å². The Kier molecular flexibility index (Phi) is 4.11. The van der Waals surface area contributed by atoms with Gasteiger partial charge in [-0.2, -0.15) is 0 Å². The maximum absolute atomic E-state index is 12.4. The number of nitro groups is 1. The Balaban J connectivity index is 2.45. The van der Waals surface area contributed by atoms with Crippen LogP contribution in [0, 0.1) is 16.0 Å². The number of rotatable bonds is 3. The van der Waals surface area contributed by atoms with Crippen LogP contribution in [0.1, 0.15) is 11.6 Å². The minimum absolute atomic E-state index is 0.105. The summed E-state index contributed by atoms with van der Waals surface area (Å²) in [6, 6.07) is 4.64. The molecule has 8 nitrogen and oxygen atoms in total. The molecule has 0 aliphatic carbocycles. The van der Waals surface area contributed by atoms with Crippen LogP contribution in [0.3, 0.4) is 0 Å². The predicted octanol–water partition coefficient (Wildman–Crippen LogP) is 1.17. The van der Waals surface area contributed by atoms with Gasteiger partial charge in [-0.15, -0.1) is 0 Å². The third-order valence-electron chi connectivity index (χ3n) is 3.42. The third kappa shape index (κ3) is 2.90. The number of nitrogens with zero attached hydrogens (tertiary/aromatic N) is 2. The van der Waals surface area contributed by atoms with Gasteiger partial charge in [0.05, 0.1) is 11.0 Å². The van der Waals surface area contributed by atoms with Crippen molar-refractivity contribution in [2.24, 2.45) is 5.92 Å². The van der Waals surface area contributed by atoms with E-state index in [0.29, 0.717) is 5.56 Å². The predicted molar refractivity (Wildman–Crippen MR) is 78.8 cm³/mol. The average molecular weight is 304 g/mol.